The first kappa shape index (κ1) is 14.0. The lowest BCUT2D eigenvalue weighted by Gasteiger charge is -2.40. The van der Waals surface area contributed by atoms with Crippen LogP contribution in [0.15, 0.2) is 24.3 Å². The number of hydrogen-bond donors (Lipinski definition) is 3. The molecular formula is C14H19FN2O2. The number of aliphatic hydroxyl groups is 1. The second-order valence-corrected chi connectivity index (χ2v) is 4.96. The minimum absolute atomic E-state index is 0.0811. The Hall–Kier alpha value is -1.46. The first-order chi connectivity index (χ1) is 9.07. The summed E-state index contributed by atoms with van der Waals surface area (Å²) in [5.74, 6) is -0.425. The van der Waals surface area contributed by atoms with Crippen LogP contribution in [-0.4, -0.2) is 30.1 Å². The van der Waals surface area contributed by atoms with Gasteiger partial charge >= 0.3 is 0 Å². The molecule has 5 heteroatoms. The van der Waals surface area contributed by atoms with Crippen LogP contribution in [0.3, 0.4) is 0 Å². The third-order valence-electron chi connectivity index (χ3n) is 3.83. The van der Waals surface area contributed by atoms with Gasteiger partial charge in [0.1, 0.15) is 5.82 Å². The van der Waals surface area contributed by atoms with E-state index in [1.165, 1.54) is 24.3 Å². The summed E-state index contributed by atoms with van der Waals surface area (Å²) >= 11 is 0. The zero-order valence-electron chi connectivity index (χ0n) is 10.9. The normalized spacial score (nSPS) is 18.5. The zero-order valence-corrected chi connectivity index (χ0v) is 10.9. The molecule has 1 unspecified atom stereocenters. The van der Waals surface area contributed by atoms with E-state index in [0.717, 1.165) is 19.3 Å². The van der Waals surface area contributed by atoms with Crippen LogP contribution in [-0.2, 0) is 4.79 Å². The molecule has 0 spiro atoms. The highest BCUT2D eigenvalue weighted by Gasteiger charge is 2.42. The van der Waals surface area contributed by atoms with Crippen molar-refractivity contribution in [3.05, 3.63) is 35.6 Å². The standard InChI is InChI=1S/C14H19FN2O2/c1-16-14(7-2-8-14)13(19)17-9-12(18)10-3-5-11(15)6-4-10/h3-6,12,16,18H,2,7-9H2,1H3,(H,17,19). The maximum absolute atomic E-state index is 12.8. The van der Waals surface area contributed by atoms with Crippen LogP contribution in [0.25, 0.3) is 0 Å². The summed E-state index contributed by atoms with van der Waals surface area (Å²) < 4.78 is 12.8. The van der Waals surface area contributed by atoms with E-state index in [2.05, 4.69) is 10.6 Å². The van der Waals surface area contributed by atoms with Crippen molar-refractivity contribution in [1.29, 1.82) is 0 Å². The molecule has 1 atom stereocenters. The van der Waals surface area contributed by atoms with Crippen LogP contribution in [0, 0.1) is 5.82 Å². The summed E-state index contributed by atoms with van der Waals surface area (Å²) in [6.07, 6.45) is 1.86. The van der Waals surface area contributed by atoms with Gasteiger partial charge in [0.15, 0.2) is 0 Å². The van der Waals surface area contributed by atoms with E-state index in [9.17, 15) is 14.3 Å². The predicted molar refractivity (Wildman–Crippen MR) is 70.0 cm³/mol. The Balaban J connectivity index is 1.88. The molecule has 1 saturated carbocycles. The number of carbonyl (C=O) groups excluding carboxylic acids is 1. The first-order valence-electron chi connectivity index (χ1n) is 6.48. The topological polar surface area (TPSA) is 61.4 Å². The Morgan fingerprint density at radius 1 is 1.42 bits per heavy atom. The summed E-state index contributed by atoms with van der Waals surface area (Å²) in [4.78, 5) is 12.0. The van der Waals surface area contributed by atoms with Gasteiger partial charge in [-0.05, 0) is 44.0 Å². The largest absolute Gasteiger partial charge is 0.387 e. The van der Waals surface area contributed by atoms with E-state index >= 15 is 0 Å². The fourth-order valence-corrected chi connectivity index (χ4v) is 2.28. The van der Waals surface area contributed by atoms with Crippen LogP contribution in [0.4, 0.5) is 4.39 Å². The summed E-state index contributed by atoms with van der Waals surface area (Å²) in [5, 5.41) is 15.7. The highest BCUT2D eigenvalue weighted by atomic mass is 19.1. The van der Waals surface area contributed by atoms with Gasteiger partial charge in [0.05, 0.1) is 11.6 Å². The van der Waals surface area contributed by atoms with Crippen LogP contribution in [0.5, 0.6) is 0 Å². The molecule has 0 heterocycles. The summed E-state index contributed by atoms with van der Waals surface area (Å²) in [6, 6.07) is 5.62. The monoisotopic (exact) mass is 266 g/mol. The van der Waals surface area contributed by atoms with Gasteiger partial charge in [-0.15, -0.1) is 0 Å². The molecule has 1 aliphatic rings. The highest BCUT2D eigenvalue weighted by molar-refractivity contribution is 5.87. The Bertz CT molecular complexity index is 438. The van der Waals surface area contributed by atoms with Crippen molar-refractivity contribution in [2.75, 3.05) is 13.6 Å². The summed E-state index contributed by atoms with van der Waals surface area (Å²) in [5.41, 5.74) is 0.122. The molecule has 2 rings (SSSR count). The minimum Gasteiger partial charge on any atom is -0.387 e. The lowest BCUT2D eigenvalue weighted by molar-refractivity contribution is -0.131. The van der Waals surface area contributed by atoms with Crippen molar-refractivity contribution in [3.8, 4) is 0 Å². The van der Waals surface area contributed by atoms with Gasteiger partial charge in [-0.3, -0.25) is 4.79 Å². The van der Waals surface area contributed by atoms with E-state index in [1.807, 2.05) is 0 Å². The number of hydrogen-bond acceptors (Lipinski definition) is 3. The minimum atomic E-state index is -0.821. The summed E-state index contributed by atoms with van der Waals surface area (Å²) in [7, 11) is 1.77. The van der Waals surface area contributed by atoms with Gasteiger partial charge in [0.2, 0.25) is 5.91 Å². The molecule has 0 bridgehead atoms. The van der Waals surface area contributed by atoms with Crippen molar-refractivity contribution in [1.82, 2.24) is 10.6 Å². The molecule has 1 amide bonds. The predicted octanol–water partition coefficient (Wildman–Crippen LogP) is 1.12. The molecule has 4 nitrogen and oxygen atoms in total. The van der Waals surface area contributed by atoms with Crippen molar-refractivity contribution >= 4 is 5.91 Å². The van der Waals surface area contributed by atoms with Gasteiger partial charge in [0, 0.05) is 6.54 Å². The fourth-order valence-electron chi connectivity index (χ4n) is 2.28. The zero-order chi connectivity index (χ0) is 13.9. The maximum atomic E-state index is 12.8. The van der Waals surface area contributed by atoms with Crippen LogP contribution < -0.4 is 10.6 Å². The maximum Gasteiger partial charge on any atom is 0.240 e. The Labute approximate surface area is 112 Å². The van der Waals surface area contributed by atoms with Crippen molar-refractivity contribution in [3.63, 3.8) is 0 Å². The number of halogens is 1. The van der Waals surface area contributed by atoms with Gasteiger partial charge in [0.25, 0.3) is 0 Å². The third-order valence-corrected chi connectivity index (χ3v) is 3.83. The van der Waals surface area contributed by atoms with Crippen LogP contribution >= 0.6 is 0 Å². The number of carbonyl (C=O) groups is 1. The number of aliphatic hydroxyl groups excluding tert-OH is 1. The van der Waals surface area contributed by atoms with Gasteiger partial charge < -0.3 is 15.7 Å². The number of nitrogens with one attached hydrogen (secondary N) is 2. The molecular weight excluding hydrogens is 247 g/mol. The van der Waals surface area contributed by atoms with E-state index in [-0.39, 0.29) is 18.3 Å². The molecule has 1 aliphatic carbocycles. The van der Waals surface area contributed by atoms with Crippen molar-refractivity contribution < 1.29 is 14.3 Å². The SMILES string of the molecule is CNC1(C(=O)NCC(O)c2ccc(F)cc2)CCC1. The van der Waals surface area contributed by atoms with E-state index in [0.29, 0.717) is 5.56 Å². The smallest absolute Gasteiger partial charge is 0.240 e. The van der Waals surface area contributed by atoms with Crippen LogP contribution in [0.2, 0.25) is 0 Å². The fraction of sp³-hybridized carbons (Fsp3) is 0.500. The molecule has 3 N–H and O–H groups in total. The molecule has 1 aromatic rings. The lowest BCUT2D eigenvalue weighted by Crippen LogP contribution is -2.60. The number of likely N-dealkylation sites (N-methyl/N-ethyl adjacent to an activating group) is 1. The number of benzene rings is 1. The Morgan fingerprint density at radius 2 is 2.05 bits per heavy atom. The van der Waals surface area contributed by atoms with E-state index in [1.54, 1.807) is 7.05 Å². The molecule has 0 aromatic heterocycles. The average Bonchev–Trinajstić information content (AvgIpc) is 2.36. The molecule has 0 radical (unpaired) electrons. The lowest BCUT2D eigenvalue weighted by atomic mass is 9.76. The molecule has 19 heavy (non-hydrogen) atoms. The van der Waals surface area contributed by atoms with Crippen molar-refractivity contribution in [2.45, 2.75) is 30.9 Å². The highest BCUT2D eigenvalue weighted by Crippen LogP contribution is 2.31. The van der Waals surface area contributed by atoms with Gasteiger partial charge in [-0.1, -0.05) is 12.1 Å². The third kappa shape index (κ3) is 2.93. The summed E-state index contributed by atoms with van der Waals surface area (Å²) in [6.45, 7) is 0.133. The Kier molecular flexibility index (Phi) is 4.17. The van der Waals surface area contributed by atoms with Crippen molar-refractivity contribution in [2.24, 2.45) is 0 Å². The Morgan fingerprint density at radius 3 is 2.53 bits per heavy atom. The average molecular weight is 266 g/mol. The first-order valence-corrected chi connectivity index (χ1v) is 6.48. The molecule has 1 aromatic carbocycles. The second-order valence-electron chi connectivity index (χ2n) is 4.96. The molecule has 0 aliphatic heterocycles. The van der Waals surface area contributed by atoms with Gasteiger partial charge in [-0.2, -0.15) is 0 Å². The van der Waals surface area contributed by atoms with Crippen LogP contribution in [0.1, 0.15) is 30.9 Å². The molecule has 1 fully saturated rings. The molecule has 104 valence electrons. The molecule has 0 saturated heterocycles. The quantitative estimate of drug-likeness (QED) is 0.748. The van der Waals surface area contributed by atoms with E-state index < -0.39 is 11.6 Å². The number of rotatable bonds is 5. The second kappa shape index (κ2) is 5.67. The van der Waals surface area contributed by atoms with E-state index in [4.69, 9.17) is 0 Å². The number of amides is 1. The van der Waals surface area contributed by atoms with Gasteiger partial charge in [-0.25, -0.2) is 4.39 Å².